The van der Waals surface area contributed by atoms with Gasteiger partial charge in [0.25, 0.3) is 0 Å². The standard InChI is InChI=1S/C20H29NO2S/c1-2-3-11-23-19-15-21(16-19)9-4-10-22-12-7-17-5-6-20-18(14-17)8-13-24-20/h5-6,8,13-14,19H,2-4,7,9-12,15-16H2,1H3. The van der Waals surface area contributed by atoms with Gasteiger partial charge in [-0.2, -0.15) is 0 Å². The summed E-state index contributed by atoms with van der Waals surface area (Å²) in [6, 6.07) is 8.92. The van der Waals surface area contributed by atoms with Crippen molar-refractivity contribution in [3.63, 3.8) is 0 Å². The topological polar surface area (TPSA) is 21.7 Å². The van der Waals surface area contributed by atoms with Gasteiger partial charge in [-0.25, -0.2) is 0 Å². The smallest absolute Gasteiger partial charge is 0.0828 e. The highest BCUT2D eigenvalue weighted by atomic mass is 32.1. The van der Waals surface area contributed by atoms with Crippen molar-refractivity contribution in [3.8, 4) is 0 Å². The molecule has 0 radical (unpaired) electrons. The Morgan fingerprint density at radius 2 is 2.04 bits per heavy atom. The number of nitrogens with zero attached hydrogens (tertiary/aromatic N) is 1. The number of rotatable bonds is 11. The summed E-state index contributed by atoms with van der Waals surface area (Å²) >= 11 is 1.80. The van der Waals surface area contributed by atoms with Crippen LogP contribution in [0.5, 0.6) is 0 Å². The molecule has 0 aliphatic carbocycles. The SMILES string of the molecule is CCCCOC1CN(CCCOCCc2ccc3sccc3c2)C1. The predicted molar refractivity (Wildman–Crippen MR) is 102 cm³/mol. The van der Waals surface area contributed by atoms with Gasteiger partial charge in [-0.1, -0.05) is 25.5 Å². The van der Waals surface area contributed by atoms with Gasteiger partial charge in [-0.05, 0) is 47.7 Å². The van der Waals surface area contributed by atoms with Gasteiger partial charge in [-0.15, -0.1) is 11.3 Å². The predicted octanol–water partition coefficient (Wildman–Crippen LogP) is 4.35. The molecule has 24 heavy (non-hydrogen) atoms. The Morgan fingerprint density at radius 3 is 2.92 bits per heavy atom. The fraction of sp³-hybridized carbons (Fsp3) is 0.600. The van der Waals surface area contributed by atoms with E-state index in [0.717, 1.165) is 52.3 Å². The van der Waals surface area contributed by atoms with Crippen molar-refractivity contribution in [1.82, 2.24) is 4.90 Å². The van der Waals surface area contributed by atoms with Crippen molar-refractivity contribution in [2.45, 2.75) is 38.7 Å². The van der Waals surface area contributed by atoms with E-state index in [0.29, 0.717) is 6.10 Å². The number of hydrogen-bond acceptors (Lipinski definition) is 4. The third kappa shape index (κ3) is 5.28. The second-order valence-corrected chi connectivity index (χ2v) is 7.56. The maximum absolute atomic E-state index is 5.80. The molecule has 0 spiro atoms. The van der Waals surface area contributed by atoms with Gasteiger partial charge in [0.2, 0.25) is 0 Å². The molecular weight excluding hydrogens is 318 g/mol. The first-order chi connectivity index (χ1) is 11.8. The minimum Gasteiger partial charge on any atom is -0.381 e. The minimum atomic E-state index is 0.476. The molecule has 0 saturated carbocycles. The summed E-state index contributed by atoms with van der Waals surface area (Å²) in [5, 5.41) is 3.51. The molecular formula is C20H29NO2S. The number of likely N-dealkylation sites (tertiary alicyclic amines) is 1. The van der Waals surface area contributed by atoms with Crippen LogP contribution in [-0.2, 0) is 15.9 Å². The zero-order valence-corrected chi connectivity index (χ0v) is 15.5. The molecule has 0 atom stereocenters. The first-order valence-corrected chi connectivity index (χ1v) is 10.1. The van der Waals surface area contributed by atoms with Crippen LogP contribution in [0, 0.1) is 0 Å². The van der Waals surface area contributed by atoms with E-state index in [1.165, 1.54) is 28.5 Å². The Labute approximate surface area is 149 Å². The first kappa shape index (κ1) is 17.9. The van der Waals surface area contributed by atoms with Gasteiger partial charge < -0.3 is 9.47 Å². The average Bonchev–Trinajstić information content (AvgIpc) is 3.02. The molecule has 1 aliphatic heterocycles. The lowest BCUT2D eigenvalue weighted by Gasteiger charge is -2.38. The Morgan fingerprint density at radius 1 is 1.12 bits per heavy atom. The van der Waals surface area contributed by atoms with Gasteiger partial charge in [0.15, 0.2) is 0 Å². The molecule has 1 saturated heterocycles. The highest BCUT2D eigenvalue weighted by Gasteiger charge is 2.26. The molecule has 1 aliphatic rings. The summed E-state index contributed by atoms with van der Waals surface area (Å²) in [6.07, 6.45) is 5.00. The molecule has 3 rings (SSSR count). The molecule has 0 N–H and O–H groups in total. The first-order valence-electron chi connectivity index (χ1n) is 9.23. The fourth-order valence-electron chi connectivity index (χ4n) is 3.06. The van der Waals surface area contributed by atoms with E-state index >= 15 is 0 Å². The van der Waals surface area contributed by atoms with Crippen LogP contribution >= 0.6 is 11.3 Å². The highest BCUT2D eigenvalue weighted by Crippen LogP contribution is 2.22. The van der Waals surface area contributed by atoms with Crippen LogP contribution in [0.4, 0.5) is 0 Å². The molecule has 3 nitrogen and oxygen atoms in total. The number of fused-ring (bicyclic) bond motifs is 1. The van der Waals surface area contributed by atoms with Crippen molar-refractivity contribution >= 4 is 21.4 Å². The van der Waals surface area contributed by atoms with Crippen LogP contribution < -0.4 is 0 Å². The fourth-order valence-corrected chi connectivity index (χ4v) is 3.83. The lowest BCUT2D eigenvalue weighted by atomic mass is 10.1. The number of hydrogen-bond donors (Lipinski definition) is 0. The molecule has 0 bridgehead atoms. The summed E-state index contributed by atoms with van der Waals surface area (Å²) in [5.41, 5.74) is 1.37. The van der Waals surface area contributed by atoms with Gasteiger partial charge in [-0.3, -0.25) is 4.90 Å². The van der Waals surface area contributed by atoms with Crippen molar-refractivity contribution in [2.24, 2.45) is 0 Å². The van der Waals surface area contributed by atoms with Gasteiger partial charge in [0.1, 0.15) is 0 Å². The van der Waals surface area contributed by atoms with Crippen molar-refractivity contribution in [2.75, 3.05) is 39.5 Å². The molecule has 0 amide bonds. The number of ether oxygens (including phenoxy) is 2. The van der Waals surface area contributed by atoms with Crippen LogP contribution in [0.25, 0.3) is 10.1 Å². The monoisotopic (exact) mass is 347 g/mol. The van der Waals surface area contributed by atoms with E-state index in [4.69, 9.17) is 9.47 Å². The van der Waals surface area contributed by atoms with E-state index in [-0.39, 0.29) is 0 Å². The van der Waals surface area contributed by atoms with Crippen LogP contribution in [0.2, 0.25) is 0 Å². The van der Waals surface area contributed by atoms with Crippen LogP contribution in [-0.4, -0.2) is 50.5 Å². The Kier molecular flexibility index (Phi) is 7.09. The van der Waals surface area contributed by atoms with Crippen molar-refractivity contribution < 1.29 is 9.47 Å². The molecule has 132 valence electrons. The van der Waals surface area contributed by atoms with Crippen LogP contribution in [0.1, 0.15) is 31.7 Å². The van der Waals surface area contributed by atoms with Gasteiger partial charge in [0, 0.05) is 37.5 Å². The second kappa shape index (κ2) is 9.52. The van der Waals surface area contributed by atoms with E-state index in [2.05, 4.69) is 41.5 Å². The zero-order valence-electron chi connectivity index (χ0n) is 14.7. The molecule has 1 aromatic carbocycles. The third-order valence-electron chi connectivity index (χ3n) is 4.59. The maximum atomic E-state index is 5.80. The zero-order chi connectivity index (χ0) is 16.6. The van der Waals surface area contributed by atoms with E-state index in [9.17, 15) is 0 Å². The van der Waals surface area contributed by atoms with Gasteiger partial charge >= 0.3 is 0 Å². The molecule has 2 aromatic rings. The third-order valence-corrected chi connectivity index (χ3v) is 5.49. The Bertz CT molecular complexity index is 606. The summed E-state index contributed by atoms with van der Waals surface area (Å²) in [6.45, 7) is 8.15. The summed E-state index contributed by atoms with van der Waals surface area (Å²) in [5.74, 6) is 0. The normalized spacial score (nSPS) is 15.9. The second-order valence-electron chi connectivity index (χ2n) is 6.61. The lowest BCUT2D eigenvalue weighted by Crippen LogP contribution is -2.52. The number of benzene rings is 1. The van der Waals surface area contributed by atoms with Crippen molar-refractivity contribution in [1.29, 1.82) is 0 Å². The van der Waals surface area contributed by atoms with Gasteiger partial charge in [0.05, 0.1) is 12.7 Å². The molecule has 2 heterocycles. The van der Waals surface area contributed by atoms with Crippen molar-refractivity contribution in [3.05, 3.63) is 35.2 Å². The molecule has 1 aromatic heterocycles. The molecule has 0 unspecified atom stereocenters. The largest absolute Gasteiger partial charge is 0.381 e. The Hall–Kier alpha value is -0.940. The Balaban J connectivity index is 1.20. The maximum Gasteiger partial charge on any atom is 0.0828 e. The van der Waals surface area contributed by atoms with E-state index in [1.807, 2.05) is 0 Å². The van der Waals surface area contributed by atoms with Crippen LogP contribution in [0.15, 0.2) is 29.6 Å². The molecule has 4 heteroatoms. The average molecular weight is 348 g/mol. The summed E-state index contributed by atoms with van der Waals surface area (Å²) in [4.78, 5) is 2.46. The quantitative estimate of drug-likeness (QED) is 0.564. The summed E-state index contributed by atoms with van der Waals surface area (Å²) in [7, 11) is 0. The summed E-state index contributed by atoms with van der Waals surface area (Å²) < 4.78 is 13.0. The lowest BCUT2D eigenvalue weighted by molar-refractivity contribution is -0.0570. The minimum absolute atomic E-state index is 0.476. The molecule has 1 fully saturated rings. The number of unbranched alkanes of at least 4 members (excludes halogenated alkanes) is 1. The highest BCUT2D eigenvalue weighted by molar-refractivity contribution is 7.17. The number of thiophene rings is 1. The van der Waals surface area contributed by atoms with E-state index in [1.54, 1.807) is 11.3 Å². The van der Waals surface area contributed by atoms with Crippen LogP contribution in [0.3, 0.4) is 0 Å². The van der Waals surface area contributed by atoms with E-state index < -0.39 is 0 Å².